The van der Waals surface area contributed by atoms with Crippen LogP contribution >= 0.6 is 0 Å². The summed E-state index contributed by atoms with van der Waals surface area (Å²) >= 11 is 0. The first-order chi connectivity index (χ1) is 6.64. The summed E-state index contributed by atoms with van der Waals surface area (Å²) in [4.78, 5) is 0. The number of methoxy groups -OCH3 is 1. The lowest BCUT2D eigenvalue weighted by Gasteiger charge is -2.33. The SMILES string of the molecule is CCC(CC)(CN)OC(C)CCOC. The van der Waals surface area contributed by atoms with Gasteiger partial charge in [-0.3, -0.25) is 0 Å². The van der Waals surface area contributed by atoms with Crippen molar-refractivity contribution in [1.29, 1.82) is 0 Å². The van der Waals surface area contributed by atoms with Crippen LogP contribution in [0.25, 0.3) is 0 Å². The predicted molar refractivity (Wildman–Crippen MR) is 59.4 cm³/mol. The highest BCUT2D eigenvalue weighted by molar-refractivity contribution is 4.79. The van der Waals surface area contributed by atoms with E-state index in [-0.39, 0.29) is 11.7 Å². The van der Waals surface area contributed by atoms with Gasteiger partial charge in [-0.1, -0.05) is 13.8 Å². The zero-order valence-corrected chi connectivity index (χ0v) is 10.0. The van der Waals surface area contributed by atoms with Crippen LogP contribution in [-0.2, 0) is 9.47 Å². The Balaban J connectivity index is 4.01. The van der Waals surface area contributed by atoms with Gasteiger partial charge in [-0.15, -0.1) is 0 Å². The van der Waals surface area contributed by atoms with Crippen LogP contribution in [0.5, 0.6) is 0 Å². The van der Waals surface area contributed by atoms with Gasteiger partial charge in [-0.2, -0.15) is 0 Å². The summed E-state index contributed by atoms with van der Waals surface area (Å²) in [6, 6.07) is 0. The molecule has 86 valence electrons. The van der Waals surface area contributed by atoms with Crippen molar-refractivity contribution in [2.45, 2.75) is 51.7 Å². The van der Waals surface area contributed by atoms with Crippen molar-refractivity contribution in [1.82, 2.24) is 0 Å². The molecule has 0 aromatic carbocycles. The van der Waals surface area contributed by atoms with E-state index >= 15 is 0 Å². The van der Waals surface area contributed by atoms with Gasteiger partial charge in [0.1, 0.15) is 0 Å². The average molecular weight is 203 g/mol. The molecule has 0 bridgehead atoms. The van der Waals surface area contributed by atoms with Crippen LogP contribution in [0.3, 0.4) is 0 Å². The van der Waals surface area contributed by atoms with Crippen LogP contribution in [0.15, 0.2) is 0 Å². The maximum Gasteiger partial charge on any atom is 0.0802 e. The standard InChI is InChI=1S/C11H25NO2/c1-5-11(6-2,9-12)14-10(3)7-8-13-4/h10H,5-9,12H2,1-4H3. The highest BCUT2D eigenvalue weighted by atomic mass is 16.5. The summed E-state index contributed by atoms with van der Waals surface area (Å²) < 4.78 is 11.0. The second-order valence-electron chi connectivity index (χ2n) is 3.80. The van der Waals surface area contributed by atoms with Gasteiger partial charge in [0.05, 0.1) is 11.7 Å². The summed E-state index contributed by atoms with van der Waals surface area (Å²) in [5.41, 5.74) is 5.62. The lowest BCUT2D eigenvalue weighted by Crippen LogP contribution is -2.42. The fourth-order valence-corrected chi connectivity index (χ4v) is 1.52. The molecule has 0 aliphatic carbocycles. The van der Waals surface area contributed by atoms with Crippen molar-refractivity contribution < 1.29 is 9.47 Å². The molecule has 3 heteroatoms. The van der Waals surface area contributed by atoms with E-state index in [1.165, 1.54) is 0 Å². The Bertz CT molecular complexity index is 127. The zero-order chi connectivity index (χ0) is 11.0. The lowest BCUT2D eigenvalue weighted by molar-refractivity contribution is -0.0929. The average Bonchev–Trinajstić information content (AvgIpc) is 2.23. The molecule has 1 unspecified atom stereocenters. The first-order valence-electron chi connectivity index (χ1n) is 5.51. The smallest absolute Gasteiger partial charge is 0.0802 e. The van der Waals surface area contributed by atoms with Crippen LogP contribution < -0.4 is 5.73 Å². The van der Waals surface area contributed by atoms with E-state index in [4.69, 9.17) is 15.2 Å². The lowest BCUT2D eigenvalue weighted by atomic mass is 9.97. The van der Waals surface area contributed by atoms with Crippen LogP contribution in [0, 0.1) is 0 Å². The van der Waals surface area contributed by atoms with Crippen LogP contribution in [0.2, 0.25) is 0 Å². The van der Waals surface area contributed by atoms with Gasteiger partial charge in [0.25, 0.3) is 0 Å². The van der Waals surface area contributed by atoms with Crippen LogP contribution in [-0.4, -0.2) is 32.0 Å². The summed E-state index contributed by atoms with van der Waals surface area (Å²) in [5, 5.41) is 0. The topological polar surface area (TPSA) is 44.5 Å². The molecule has 0 spiro atoms. The Morgan fingerprint density at radius 2 is 1.86 bits per heavy atom. The molecule has 0 aromatic rings. The predicted octanol–water partition coefficient (Wildman–Crippen LogP) is 1.95. The van der Waals surface area contributed by atoms with E-state index in [1.807, 2.05) is 0 Å². The minimum absolute atomic E-state index is 0.132. The van der Waals surface area contributed by atoms with Gasteiger partial charge in [0.15, 0.2) is 0 Å². The Kier molecular flexibility index (Phi) is 7.15. The van der Waals surface area contributed by atoms with Crippen molar-refractivity contribution in [3.8, 4) is 0 Å². The quantitative estimate of drug-likeness (QED) is 0.655. The highest BCUT2D eigenvalue weighted by Gasteiger charge is 2.27. The molecular formula is C11H25NO2. The van der Waals surface area contributed by atoms with E-state index in [0.717, 1.165) is 25.9 Å². The van der Waals surface area contributed by atoms with Crippen molar-refractivity contribution >= 4 is 0 Å². The Hall–Kier alpha value is -0.120. The maximum absolute atomic E-state index is 5.98. The molecule has 0 rings (SSSR count). The molecule has 0 aromatic heterocycles. The number of hydrogen-bond donors (Lipinski definition) is 1. The molecular weight excluding hydrogens is 178 g/mol. The molecule has 0 fully saturated rings. The Morgan fingerprint density at radius 3 is 2.21 bits per heavy atom. The molecule has 0 aliphatic rings. The monoisotopic (exact) mass is 203 g/mol. The Labute approximate surface area is 88.0 Å². The number of hydrogen-bond acceptors (Lipinski definition) is 3. The highest BCUT2D eigenvalue weighted by Crippen LogP contribution is 2.21. The van der Waals surface area contributed by atoms with Crippen LogP contribution in [0.4, 0.5) is 0 Å². The number of ether oxygens (including phenoxy) is 2. The molecule has 0 heterocycles. The molecule has 3 nitrogen and oxygen atoms in total. The third-order valence-electron chi connectivity index (χ3n) is 2.84. The molecule has 0 amide bonds. The van der Waals surface area contributed by atoms with Gasteiger partial charge in [0, 0.05) is 20.3 Å². The van der Waals surface area contributed by atoms with E-state index in [9.17, 15) is 0 Å². The summed E-state index contributed by atoms with van der Waals surface area (Å²) in [6.07, 6.45) is 3.09. The second-order valence-corrected chi connectivity index (χ2v) is 3.80. The van der Waals surface area contributed by atoms with Gasteiger partial charge >= 0.3 is 0 Å². The number of rotatable bonds is 8. The van der Waals surface area contributed by atoms with Gasteiger partial charge in [0.2, 0.25) is 0 Å². The van der Waals surface area contributed by atoms with E-state index in [2.05, 4.69) is 20.8 Å². The summed E-state index contributed by atoms with van der Waals surface area (Å²) in [7, 11) is 1.71. The third-order valence-corrected chi connectivity index (χ3v) is 2.84. The van der Waals surface area contributed by atoms with Crippen LogP contribution in [0.1, 0.15) is 40.0 Å². The molecule has 0 saturated heterocycles. The second kappa shape index (κ2) is 7.21. The first kappa shape index (κ1) is 13.9. The van der Waals surface area contributed by atoms with Crippen molar-refractivity contribution in [3.63, 3.8) is 0 Å². The third kappa shape index (κ3) is 4.40. The van der Waals surface area contributed by atoms with Gasteiger partial charge in [-0.05, 0) is 26.2 Å². The molecule has 14 heavy (non-hydrogen) atoms. The van der Waals surface area contributed by atoms with E-state index < -0.39 is 0 Å². The maximum atomic E-state index is 5.98. The zero-order valence-electron chi connectivity index (χ0n) is 10.0. The molecule has 0 saturated carbocycles. The molecule has 2 N–H and O–H groups in total. The molecule has 0 aliphatic heterocycles. The van der Waals surface area contributed by atoms with Gasteiger partial charge in [-0.25, -0.2) is 0 Å². The minimum atomic E-state index is -0.132. The van der Waals surface area contributed by atoms with Crippen molar-refractivity contribution in [3.05, 3.63) is 0 Å². The normalized spacial score (nSPS) is 14.4. The number of nitrogens with two attached hydrogens (primary N) is 1. The largest absolute Gasteiger partial charge is 0.385 e. The van der Waals surface area contributed by atoms with E-state index in [1.54, 1.807) is 7.11 Å². The van der Waals surface area contributed by atoms with Crippen molar-refractivity contribution in [2.24, 2.45) is 5.73 Å². The Morgan fingerprint density at radius 1 is 1.29 bits per heavy atom. The minimum Gasteiger partial charge on any atom is -0.385 e. The van der Waals surface area contributed by atoms with E-state index in [0.29, 0.717) is 6.54 Å². The first-order valence-corrected chi connectivity index (χ1v) is 5.51. The van der Waals surface area contributed by atoms with Gasteiger partial charge < -0.3 is 15.2 Å². The van der Waals surface area contributed by atoms with Crippen molar-refractivity contribution in [2.75, 3.05) is 20.3 Å². The fourth-order valence-electron chi connectivity index (χ4n) is 1.52. The fraction of sp³-hybridized carbons (Fsp3) is 1.00. The summed E-state index contributed by atoms with van der Waals surface area (Å²) in [6.45, 7) is 7.67. The summed E-state index contributed by atoms with van der Waals surface area (Å²) in [5.74, 6) is 0. The molecule has 0 radical (unpaired) electrons. The molecule has 1 atom stereocenters.